The first-order valence-electron chi connectivity index (χ1n) is 8.31. The summed E-state index contributed by atoms with van der Waals surface area (Å²) in [4.78, 5) is 6.26. The van der Waals surface area contributed by atoms with Gasteiger partial charge >= 0.3 is 0 Å². The average molecular weight is 348 g/mol. The van der Waals surface area contributed by atoms with E-state index in [1.165, 1.54) is 12.1 Å². The number of benzene rings is 1. The number of aliphatic imine (C=N–C) groups is 1. The molecule has 1 aromatic heterocycles. The standard InChI is InChI=1S/C17H25FN6O/c1-4-16-22-21-13-24(16)10-9-20-17(19-2)23(3)11-12-25-15-7-5-14(18)6-8-15/h5-8,13H,4,9-12H2,1-3H3,(H,19,20). The van der Waals surface area contributed by atoms with Crippen molar-refractivity contribution in [3.63, 3.8) is 0 Å². The van der Waals surface area contributed by atoms with E-state index < -0.39 is 0 Å². The van der Waals surface area contributed by atoms with Gasteiger partial charge in [0.05, 0.1) is 6.54 Å². The lowest BCUT2D eigenvalue weighted by Crippen LogP contribution is -2.42. The molecule has 0 bridgehead atoms. The minimum absolute atomic E-state index is 0.270. The van der Waals surface area contributed by atoms with E-state index in [2.05, 4.69) is 27.4 Å². The van der Waals surface area contributed by atoms with Gasteiger partial charge in [0.15, 0.2) is 5.96 Å². The molecule has 1 heterocycles. The predicted molar refractivity (Wildman–Crippen MR) is 95.3 cm³/mol. The van der Waals surface area contributed by atoms with Crippen LogP contribution in [0.4, 0.5) is 4.39 Å². The van der Waals surface area contributed by atoms with Crippen LogP contribution < -0.4 is 10.1 Å². The average Bonchev–Trinajstić information content (AvgIpc) is 3.08. The molecule has 2 rings (SSSR count). The second kappa shape index (κ2) is 9.61. The topological polar surface area (TPSA) is 67.6 Å². The zero-order valence-corrected chi connectivity index (χ0v) is 14.9. The van der Waals surface area contributed by atoms with Crippen LogP contribution in [0.25, 0.3) is 0 Å². The molecular formula is C17H25FN6O. The summed E-state index contributed by atoms with van der Waals surface area (Å²) in [5.41, 5.74) is 0. The van der Waals surface area contributed by atoms with E-state index >= 15 is 0 Å². The summed E-state index contributed by atoms with van der Waals surface area (Å²) in [6.45, 7) is 4.69. The van der Waals surface area contributed by atoms with E-state index in [1.54, 1.807) is 25.5 Å². The van der Waals surface area contributed by atoms with Crippen LogP contribution in [0, 0.1) is 5.82 Å². The van der Waals surface area contributed by atoms with E-state index in [0.29, 0.717) is 18.9 Å². The van der Waals surface area contributed by atoms with Crippen molar-refractivity contribution in [2.75, 3.05) is 33.8 Å². The van der Waals surface area contributed by atoms with Crippen LogP contribution >= 0.6 is 0 Å². The molecule has 25 heavy (non-hydrogen) atoms. The number of nitrogens with zero attached hydrogens (tertiary/aromatic N) is 5. The second-order valence-electron chi connectivity index (χ2n) is 5.49. The number of likely N-dealkylation sites (N-methyl/N-ethyl adjacent to an activating group) is 1. The molecule has 0 aliphatic carbocycles. The predicted octanol–water partition coefficient (Wildman–Crippen LogP) is 1.57. The van der Waals surface area contributed by atoms with Gasteiger partial charge in [-0.3, -0.25) is 4.99 Å². The van der Waals surface area contributed by atoms with Gasteiger partial charge in [0.25, 0.3) is 0 Å². The second-order valence-corrected chi connectivity index (χ2v) is 5.49. The van der Waals surface area contributed by atoms with Crippen molar-refractivity contribution in [3.05, 3.63) is 42.2 Å². The van der Waals surface area contributed by atoms with E-state index in [0.717, 1.165) is 31.3 Å². The maximum Gasteiger partial charge on any atom is 0.193 e. The molecule has 0 saturated heterocycles. The Morgan fingerprint density at radius 3 is 2.80 bits per heavy atom. The van der Waals surface area contributed by atoms with Gasteiger partial charge in [0, 0.05) is 33.6 Å². The minimum atomic E-state index is -0.270. The first kappa shape index (κ1) is 18.7. The Labute approximate surface area is 147 Å². The molecule has 8 heteroatoms. The van der Waals surface area contributed by atoms with Crippen molar-refractivity contribution in [3.8, 4) is 5.75 Å². The number of hydrogen-bond donors (Lipinski definition) is 1. The summed E-state index contributed by atoms with van der Waals surface area (Å²) in [7, 11) is 3.69. The summed E-state index contributed by atoms with van der Waals surface area (Å²) in [6, 6.07) is 6.00. The fraction of sp³-hybridized carbons (Fsp3) is 0.471. The van der Waals surface area contributed by atoms with Crippen molar-refractivity contribution in [2.45, 2.75) is 19.9 Å². The fourth-order valence-electron chi connectivity index (χ4n) is 2.35. The van der Waals surface area contributed by atoms with Crippen molar-refractivity contribution in [2.24, 2.45) is 4.99 Å². The molecule has 136 valence electrons. The van der Waals surface area contributed by atoms with Gasteiger partial charge in [0.2, 0.25) is 0 Å². The van der Waals surface area contributed by atoms with Crippen LogP contribution in [-0.4, -0.2) is 59.4 Å². The van der Waals surface area contributed by atoms with Crippen molar-refractivity contribution < 1.29 is 9.13 Å². The molecule has 0 atom stereocenters. The maximum atomic E-state index is 12.9. The minimum Gasteiger partial charge on any atom is -0.492 e. The molecule has 1 aromatic carbocycles. The zero-order chi connectivity index (χ0) is 18.1. The quantitative estimate of drug-likeness (QED) is 0.579. The molecule has 0 unspecified atom stereocenters. The fourth-order valence-corrected chi connectivity index (χ4v) is 2.35. The van der Waals surface area contributed by atoms with E-state index in [9.17, 15) is 4.39 Å². The van der Waals surface area contributed by atoms with Crippen molar-refractivity contribution in [1.82, 2.24) is 25.0 Å². The summed E-state index contributed by atoms with van der Waals surface area (Å²) in [5.74, 6) is 2.14. The monoisotopic (exact) mass is 348 g/mol. The third-order valence-corrected chi connectivity index (χ3v) is 3.73. The third kappa shape index (κ3) is 5.74. The van der Waals surface area contributed by atoms with Gasteiger partial charge in [-0.05, 0) is 24.3 Å². The van der Waals surface area contributed by atoms with Crippen LogP contribution in [0.1, 0.15) is 12.7 Å². The number of halogens is 1. The summed E-state index contributed by atoms with van der Waals surface area (Å²) in [6.07, 6.45) is 2.60. The van der Waals surface area contributed by atoms with Crippen molar-refractivity contribution in [1.29, 1.82) is 0 Å². The number of aryl methyl sites for hydroxylation is 1. The molecule has 0 amide bonds. The number of guanidine groups is 1. The van der Waals surface area contributed by atoms with E-state index in [-0.39, 0.29) is 5.82 Å². The number of rotatable bonds is 8. The lowest BCUT2D eigenvalue weighted by Gasteiger charge is -2.22. The van der Waals surface area contributed by atoms with Crippen LogP contribution in [0.15, 0.2) is 35.6 Å². The van der Waals surface area contributed by atoms with Gasteiger partial charge in [-0.15, -0.1) is 10.2 Å². The Bertz CT molecular complexity index is 670. The molecule has 0 saturated carbocycles. The smallest absolute Gasteiger partial charge is 0.193 e. The summed E-state index contributed by atoms with van der Waals surface area (Å²) >= 11 is 0. The Hall–Kier alpha value is -2.64. The summed E-state index contributed by atoms with van der Waals surface area (Å²) in [5, 5.41) is 11.3. The Kier molecular flexibility index (Phi) is 7.18. The third-order valence-electron chi connectivity index (χ3n) is 3.73. The van der Waals surface area contributed by atoms with Gasteiger partial charge < -0.3 is 19.5 Å². The molecule has 1 N–H and O–H groups in total. The Balaban J connectivity index is 1.72. The van der Waals surface area contributed by atoms with Crippen molar-refractivity contribution >= 4 is 5.96 Å². The van der Waals surface area contributed by atoms with Crippen LogP contribution in [0.2, 0.25) is 0 Å². The van der Waals surface area contributed by atoms with Crippen LogP contribution in [0.5, 0.6) is 5.75 Å². The van der Waals surface area contributed by atoms with Gasteiger partial charge in [-0.2, -0.15) is 0 Å². The highest BCUT2D eigenvalue weighted by Gasteiger charge is 2.07. The van der Waals surface area contributed by atoms with Crippen LogP contribution in [0.3, 0.4) is 0 Å². The molecule has 2 aromatic rings. The first-order valence-corrected chi connectivity index (χ1v) is 8.31. The summed E-state index contributed by atoms with van der Waals surface area (Å²) < 4.78 is 20.5. The Morgan fingerprint density at radius 2 is 2.12 bits per heavy atom. The number of ether oxygens (including phenoxy) is 1. The molecule has 0 spiro atoms. The van der Waals surface area contributed by atoms with Gasteiger partial charge in [-0.25, -0.2) is 4.39 Å². The molecule has 0 radical (unpaired) electrons. The lowest BCUT2D eigenvalue weighted by molar-refractivity contribution is 0.281. The lowest BCUT2D eigenvalue weighted by atomic mass is 10.3. The SMILES string of the molecule is CCc1nncn1CCNC(=NC)N(C)CCOc1ccc(F)cc1. The maximum absolute atomic E-state index is 12.9. The molecule has 0 fully saturated rings. The first-order chi connectivity index (χ1) is 12.1. The number of nitrogens with one attached hydrogen (secondary N) is 1. The number of hydrogen-bond acceptors (Lipinski definition) is 4. The normalized spacial score (nSPS) is 11.4. The molecule has 0 aliphatic rings. The van der Waals surface area contributed by atoms with E-state index in [1.807, 2.05) is 16.5 Å². The molecule has 0 aliphatic heterocycles. The highest BCUT2D eigenvalue weighted by molar-refractivity contribution is 5.79. The highest BCUT2D eigenvalue weighted by atomic mass is 19.1. The van der Waals surface area contributed by atoms with Gasteiger partial charge in [0.1, 0.15) is 30.3 Å². The van der Waals surface area contributed by atoms with Crippen LogP contribution in [-0.2, 0) is 13.0 Å². The zero-order valence-electron chi connectivity index (χ0n) is 14.9. The van der Waals surface area contributed by atoms with E-state index in [4.69, 9.17) is 4.74 Å². The largest absolute Gasteiger partial charge is 0.492 e. The highest BCUT2D eigenvalue weighted by Crippen LogP contribution is 2.10. The Morgan fingerprint density at radius 1 is 1.36 bits per heavy atom. The van der Waals surface area contributed by atoms with Gasteiger partial charge in [-0.1, -0.05) is 6.92 Å². The molecule has 7 nitrogen and oxygen atoms in total. The number of aromatic nitrogens is 3. The molecular weight excluding hydrogens is 323 g/mol.